The normalized spacial score (nSPS) is 13.7. The molecule has 1 aliphatic rings. The molecule has 5 rings (SSSR count). The summed E-state index contributed by atoms with van der Waals surface area (Å²) in [5, 5.41) is 11.5. The summed E-state index contributed by atoms with van der Waals surface area (Å²) >= 11 is 0. The second kappa shape index (κ2) is 11.0. The third-order valence-electron chi connectivity index (χ3n) is 6.46. The molecule has 0 spiro atoms. The number of hydrogen-bond acceptors (Lipinski definition) is 6. The number of fused-ring (bicyclic) bond motifs is 1. The monoisotopic (exact) mass is 523 g/mol. The molecule has 0 radical (unpaired) electrons. The van der Waals surface area contributed by atoms with Crippen LogP contribution in [0.4, 0.5) is 14.5 Å². The van der Waals surface area contributed by atoms with Gasteiger partial charge in [0.05, 0.1) is 11.9 Å². The molecular weight excluding hydrogens is 496 g/mol. The van der Waals surface area contributed by atoms with Crippen molar-refractivity contribution in [3.63, 3.8) is 0 Å². The van der Waals surface area contributed by atoms with Crippen LogP contribution < -0.4 is 10.1 Å². The van der Waals surface area contributed by atoms with E-state index in [4.69, 9.17) is 4.74 Å². The molecule has 198 valence electrons. The summed E-state index contributed by atoms with van der Waals surface area (Å²) in [5.41, 5.74) is 2.17. The first-order valence-electron chi connectivity index (χ1n) is 12.5. The summed E-state index contributed by atoms with van der Waals surface area (Å²) in [6, 6.07) is 6.54. The van der Waals surface area contributed by atoms with Gasteiger partial charge in [-0.3, -0.25) is 14.3 Å². The minimum atomic E-state index is -3.05. The molecule has 38 heavy (non-hydrogen) atoms. The van der Waals surface area contributed by atoms with Gasteiger partial charge < -0.3 is 15.0 Å². The standard InChI is InChI=1S/C26H27F2N7O3/c1-2-17-7-8-21(38-26(27)28)18(13-17)23-20(15-34(32-23)16-22(36)33-10-4-3-5-11-33)31-25(37)19-14-30-35-12-6-9-29-24(19)35/h6-9,12-15,26H,2-5,10-11,16H2,1H3,(H,31,37). The van der Waals surface area contributed by atoms with E-state index in [-0.39, 0.29) is 40.7 Å². The van der Waals surface area contributed by atoms with Crippen LogP contribution in [-0.2, 0) is 17.8 Å². The first kappa shape index (κ1) is 25.3. The lowest BCUT2D eigenvalue weighted by Gasteiger charge is -2.26. The van der Waals surface area contributed by atoms with Crippen molar-refractivity contribution in [2.75, 3.05) is 18.4 Å². The Labute approximate surface area is 217 Å². The number of hydrogen-bond donors (Lipinski definition) is 1. The molecule has 1 fully saturated rings. The Morgan fingerprint density at radius 2 is 2.00 bits per heavy atom. The molecule has 3 aromatic heterocycles. The van der Waals surface area contributed by atoms with Crippen LogP contribution in [0.3, 0.4) is 0 Å². The zero-order valence-corrected chi connectivity index (χ0v) is 20.8. The molecule has 1 saturated heterocycles. The maximum Gasteiger partial charge on any atom is 0.387 e. The zero-order valence-electron chi connectivity index (χ0n) is 20.8. The first-order chi connectivity index (χ1) is 18.4. The van der Waals surface area contributed by atoms with Crippen molar-refractivity contribution < 1.29 is 23.1 Å². The van der Waals surface area contributed by atoms with E-state index in [1.165, 1.54) is 27.7 Å². The molecular formula is C26H27F2N7O3. The molecule has 1 N–H and O–H groups in total. The Hall–Kier alpha value is -4.35. The average Bonchev–Trinajstić information content (AvgIpc) is 3.53. The molecule has 10 nitrogen and oxygen atoms in total. The lowest BCUT2D eigenvalue weighted by atomic mass is 10.0. The number of likely N-dealkylation sites (tertiary alicyclic amines) is 1. The summed E-state index contributed by atoms with van der Waals surface area (Å²) in [4.78, 5) is 32.2. The van der Waals surface area contributed by atoms with Gasteiger partial charge in [0.2, 0.25) is 5.91 Å². The number of nitrogens with one attached hydrogen (secondary N) is 1. The summed E-state index contributed by atoms with van der Waals surface area (Å²) in [7, 11) is 0. The highest BCUT2D eigenvalue weighted by Crippen LogP contribution is 2.36. The van der Waals surface area contributed by atoms with E-state index < -0.39 is 12.5 Å². The third kappa shape index (κ3) is 5.34. The number of nitrogens with zero attached hydrogens (tertiary/aromatic N) is 6. The van der Waals surface area contributed by atoms with Crippen molar-refractivity contribution in [3.05, 3.63) is 60.2 Å². The highest BCUT2D eigenvalue weighted by atomic mass is 19.3. The maximum atomic E-state index is 13.3. The molecule has 1 aromatic carbocycles. The molecule has 0 unspecified atom stereocenters. The lowest BCUT2D eigenvalue weighted by molar-refractivity contribution is -0.132. The van der Waals surface area contributed by atoms with E-state index in [1.807, 2.05) is 6.92 Å². The molecule has 4 aromatic rings. The minimum absolute atomic E-state index is 0.0559. The number of aromatic nitrogens is 5. The SMILES string of the molecule is CCc1ccc(OC(F)F)c(-c2nn(CC(=O)N3CCCCC3)cc2NC(=O)c2cnn3cccnc23)c1. The Morgan fingerprint density at radius 1 is 1.18 bits per heavy atom. The number of rotatable bonds is 8. The number of anilines is 1. The minimum Gasteiger partial charge on any atom is -0.434 e. The summed E-state index contributed by atoms with van der Waals surface area (Å²) in [6.45, 7) is 0.196. The van der Waals surface area contributed by atoms with E-state index >= 15 is 0 Å². The smallest absolute Gasteiger partial charge is 0.387 e. The van der Waals surface area contributed by atoms with E-state index in [0.29, 0.717) is 25.2 Å². The third-order valence-corrected chi connectivity index (χ3v) is 6.46. The highest BCUT2D eigenvalue weighted by Gasteiger charge is 2.24. The van der Waals surface area contributed by atoms with Crippen LogP contribution >= 0.6 is 0 Å². The molecule has 4 heterocycles. The van der Waals surface area contributed by atoms with Crippen LogP contribution in [0.2, 0.25) is 0 Å². The van der Waals surface area contributed by atoms with Crippen molar-refractivity contribution in [3.8, 4) is 17.0 Å². The van der Waals surface area contributed by atoms with Crippen molar-refractivity contribution in [1.29, 1.82) is 0 Å². The fourth-order valence-electron chi connectivity index (χ4n) is 4.53. The van der Waals surface area contributed by atoms with Gasteiger partial charge in [-0.2, -0.15) is 19.0 Å². The van der Waals surface area contributed by atoms with Crippen LogP contribution in [0, 0.1) is 0 Å². The van der Waals surface area contributed by atoms with E-state index in [1.54, 1.807) is 35.5 Å². The van der Waals surface area contributed by atoms with Gasteiger partial charge in [-0.15, -0.1) is 0 Å². The van der Waals surface area contributed by atoms with Gasteiger partial charge in [0, 0.05) is 37.2 Å². The van der Waals surface area contributed by atoms with Crippen LogP contribution in [0.5, 0.6) is 5.75 Å². The van der Waals surface area contributed by atoms with Gasteiger partial charge in [0.25, 0.3) is 5.91 Å². The molecule has 0 saturated carbocycles. The van der Waals surface area contributed by atoms with Gasteiger partial charge in [-0.25, -0.2) is 9.50 Å². The number of amides is 2. The van der Waals surface area contributed by atoms with Gasteiger partial charge in [-0.1, -0.05) is 13.0 Å². The number of alkyl halides is 2. The van der Waals surface area contributed by atoms with Gasteiger partial charge in [-0.05, 0) is 49.4 Å². The predicted octanol–water partition coefficient (Wildman–Crippen LogP) is 4.02. The summed E-state index contributed by atoms with van der Waals surface area (Å²) in [5.74, 6) is -0.697. The molecule has 0 bridgehead atoms. The Kier molecular flexibility index (Phi) is 7.29. The van der Waals surface area contributed by atoms with E-state index in [9.17, 15) is 18.4 Å². The van der Waals surface area contributed by atoms with Crippen molar-refractivity contribution in [1.82, 2.24) is 29.3 Å². The number of carbonyl (C=O) groups excluding carboxylic acids is 2. The van der Waals surface area contributed by atoms with Crippen molar-refractivity contribution in [2.24, 2.45) is 0 Å². The average molecular weight is 524 g/mol. The molecule has 2 amide bonds. The second-order valence-electron chi connectivity index (χ2n) is 8.99. The maximum absolute atomic E-state index is 13.3. The van der Waals surface area contributed by atoms with Crippen molar-refractivity contribution >= 4 is 23.1 Å². The lowest BCUT2D eigenvalue weighted by Crippen LogP contribution is -2.37. The zero-order chi connectivity index (χ0) is 26.6. The summed E-state index contributed by atoms with van der Waals surface area (Å²) in [6.07, 6.45) is 9.76. The Balaban J connectivity index is 1.53. The van der Waals surface area contributed by atoms with Crippen LogP contribution in [0.15, 0.2) is 49.1 Å². The Morgan fingerprint density at radius 3 is 2.76 bits per heavy atom. The molecule has 12 heteroatoms. The van der Waals surface area contributed by atoms with Crippen LogP contribution in [0.25, 0.3) is 16.9 Å². The molecule has 0 aliphatic carbocycles. The predicted molar refractivity (Wildman–Crippen MR) is 135 cm³/mol. The van der Waals surface area contributed by atoms with Crippen LogP contribution in [-0.4, -0.2) is 60.8 Å². The molecule has 1 aliphatic heterocycles. The van der Waals surface area contributed by atoms with Gasteiger partial charge >= 0.3 is 6.61 Å². The number of benzene rings is 1. The van der Waals surface area contributed by atoms with E-state index in [2.05, 4.69) is 20.5 Å². The number of halogens is 2. The van der Waals surface area contributed by atoms with Gasteiger partial charge in [0.15, 0.2) is 5.65 Å². The Bertz CT molecular complexity index is 1460. The number of piperidine rings is 1. The van der Waals surface area contributed by atoms with Crippen LogP contribution in [0.1, 0.15) is 42.1 Å². The first-order valence-corrected chi connectivity index (χ1v) is 12.5. The summed E-state index contributed by atoms with van der Waals surface area (Å²) < 4.78 is 34.2. The largest absolute Gasteiger partial charge is 0.434 e. The second-order valence-corrected chi connectivity index (χ2v) is 8.99. The van der Waals surface area contributed by atoms with Crippen molar-refractivity contribution in [2.45, 2.75) is 45.8 Å². The topological polar surface area (TPSA) is 107 Å². The number of carbonyl (C=O) groups is 2. The van der Waals surface area contributed by atoms with E-state index in [0.717, 1.165) is 24.8 Å². The fraction of sp³-hybridized carbons (Fsp3) is 0.346. The number of ether oxygens (including phenoxy) is 1. The van der Waals surface area contributed by atoms with Gasteiger partial charge in [0.1, 0.15) is 23.6 Å². The molecule has 0 atom stereocenters. The fourth-order valence-corrected chi connectivity index (χ4v) is 4.53. The quantitative estimate of drug-likeness (QED) is 0.374. The highest BCUT2D eigenvalue weighted by molar-refractivity contribution is 6.09. The number of aryl methyl sites for hydroxylation is 1.